The molecule has 8 nitrogen and oxygen atoms in total. The van der Waals surface area contributed by atoms with E-state index in [0.29, 0.717) is 11.4 Å². The highest BCUT2D eigenvalue weighted by Crippen LogP contribution is 2.27. The van der Waals surface area contributed by atoms with Gasteiger partial charge in [0.25, 0.3) is 5.91 Å². The van der Waals surface area contributed by atoms with Crippen LogP contribution < -0.4 is 15.0 Å². The van der Waals surface area contributed by atoms with E-state index in [-0.39, 0.29) is 11.9 Å². The lowest BCUT2D eigenvalue weighted by molar-refractivity contribution is 0.0928. The quantitative estimate of drug-likeness (QED) is 0.702. The maximum Gasteiger partial charge on any atom is 0.258 e. The minimum Gasteiger partial charge on any atom is -0.479 e. The van der Waals surface area contributed by atoms with Gasteiger partial charge in [0.05, 0.1) is 17.7 Å². The first-order chi connectivity index (χ1) is 13.1. The number of hydrogen-bond donors (Lipinski definition) is 2. The summed E-state index contributed by atoms with van der Waals surface area (Å²) < 4.78 is 6.75. The second kappa shape index (κ2) is 7.43. The molecule has 1 aliphatic rings. The first kappa shape index (κ1) is 17.6. The summed E-state index contributed by atoms with van der Waals surface area (Å²) in [6.45, 7) is 1.70. The normalized spacial score (nSPS) is 15.1. The van der Waals surface area contributed by atoms with E-state index in [1.165, 1.54) is 12.0 Å². The van der Waals surface area contributed by atoms with E-state index < -0.39 is 0 Å². The van der Waals surface area contributed by atoms with E-state index >= 15 is 0 Å². The van der Waals surface area contributed by atoms with Crippen LogP contribution in [0.3, 0.4) is 0 Å². The SMILES string of the molecule is COc1nn(C)cc1C(=O)NC1CCN(c2cc(-c3cccs3)[nH]n2)CC1. The highest BCUT2D eigenvalue weighted by Gasteiger charge is 2.25. The first-order valence-electron chi connectivity index (χ1n) is 8.87. The standard InChI is InChI=1S/C18H22N6O2S/c1-23-11-13(18(22-23)26-2)17(25)19-12-5-7-24(8-6-12)16-10-14(20-21-16)15-4-3-9-27-15/h3-4,9-12H,5-8H2,1-2H3,(H,19,25)(H,20,21). The van der Waals surface area contributed by atoms with E-state index in [1.807, 2.05) is 6.07 Å². The predicted octanol–water partition coefficient (Wildman–Crippen LogP) is 2.28. The van der Waals surface area contributed by atoms with Crippen LogP contribution in [0.1, 0.15) is 23.2 Å². The molecule has 0 radical (unpaired) electrons. The molecule has 27 heavy (non-hydrogen) atoms. The minimum atomic E-state index is -0.141. The summed E-state index contributed by atoms with van der Waals surface area (Å²) in [4.78, 5) is 16.0. The lowest BCUT2D eigenvalue weighted by Gasteiger charge is -2.32. The lowest BCUT2D eigenvalue weighted by atomic mass is 10.0. The lowest BCUT2D eigenvalue weighted by Crippen LogP contribution is -2.44. The van der Waals surface area contributed by atoms with Crippen LogP contribution in [0.5, 0.6) is 5.88 Å². The van der Waals surface area contributed by atoms with Crippen molar-refractivity contribution in [1.82, 2.24) is 25.3 Å². The number of H-pyrrole nitrogens is 1. The molecule has 1 amide bonds. The van der Waals surface area contributed by atoms with Crippen LogP contribution in [-0.4, -0.2) is 52.1 Å². The van der Waals surface area contributed by atoms with Crippen LogP contribution in [-0.2, 0) is 7.05 Å². The Balaban J connectivity index is 1.34. The van der Waals surface area contributed by atoms with Gasteiger partial charge in [0.1, 0.15) is 5.56 Å². The molecule has 142 valence electrons. The Morgan fingerprint density at radius 3 is 2.93 bits per heavy atom. The zero-order chi connectivity index (χ0) is 18.8. The molecule has 9 heteroatoms. The van der Waals surface area contributed by atoms with Gasteiger partial charge in [0, 0.05) is 38.4 Å². The zero-order valence-corrected chi connectivity index (χ0v) is 16.1. The van der Waals surface area contributed by atoms with Crippen molar-refractivity contribution in [2.45, 2.75) is 18.9 Å². The Hall–Kier alpha value is -2.81. The molecule has 1 aliphatic heterocycles. The molecule has 1 fully saturated rings. The van der Waals surface area contributed by atoms with E-state index in [9.17, 15) is 4.79 Å². The average molecular weight is 386 g/mol. The largest absolute Gasteiger partial charge is 0.479 e. The van der Waals surface area contributed by atoms with Crippen LogP contribution in [0.25, 0.3) is 10.6 Å². The molecule has 0 aliphatic carbocycles. The third kappa shape index (κ3) is 3.68. The summed E-state index contributed by atoms with van der Waals surface area (Å²) in [6, 6.07) is 6.34. The second-order valence-electron chi connectivity index (χ2n) is 6.58. The van der Waals surface area contributed by atoms with Crippen molar-refractivity contribution in [2.24, 2.45) is 7.05 Å². The van der Waals surface area contributed by atoms with Crippen LogP contribution in [0.2, 0.25) is 0 Å². The molecule has 4 rings (SSSR count). The number of hydrogen-bond acceptors (Lipinski definition) is 6. The molecule has 1 saturated heterocycles. The van der Waals surface area contributed by atoms with Crippen molar-refractivity contribution < 1.29 is 9.53 Å². The van der Waals surface area contributed by atoms with Gasteiger partial charge < -0.3 is 15.0 Å². The van der Waals surface area contributed by atoms with Gasteiger partial charge in [-0.2, -0.15) is 5.10 Å². The van der Waals surface area contributed by atoms with Gasteiger partial charge >= 0.3 is 0 Å². The number of amides is 1. The van der Waals surface area contributed by atoms with Crippen molar-refractivity contribution in [1.29, 1.82) is 0 Å². The van der Waals surface area contributed by atoms with Gasteiger partial charge in [0.15, 0.2) is 5.82 Å². The number of methoxy groups -OCH3 is 1. The fourth-order valence-electron chi connectivity index (χ4n) is 3.32. The number of carbonyl (C=O) groups is 1. The monoisotopic (exact) mass is 386 g/mol. The smallest absolute Gasteiger partial charge is 0.258 e. The fraction of sp³-hybridized carbons (Fsp3) is 0.389. The first-order valence-corrected chi connectivity index (χ1v) is 9.74. The maximum absolute atomic E-state index is 12.5. The number of nitrogens with one attached hydrogen (secondary N) is 2. The topological polar surface area (TPSA) is 88.1 Å². The third-order valence-electron chi connectivity index (χ3n) is 4.74. The predicted molar refractivity (Wildman–Crippen MR) is 104 cm³/mol. The van der Waals surface area contributed by atoms with Crippen LogP contribution >= 0.6 is 11.3 Å². The summed E-state index contributed by atoms with van der Waals surface area (Å²) in [5, 5.41) is 16.8. The Labute approximate surface area is 161 Å². The third-order valence-corrected chi connectivity index (χ3v) is 5.64. The van der Waals surface area contributed by atoms with E-state index in [0.717, 1.165) is 37.4 Å². The van der Waals surface area contributed by atoms with E-state index in [4.69, 9.17) is 4.74 Å². The van der Waals surface area contributed by atoms with Crippen molar-refractivity contribution in [3.63, 3.8) is 0 Å². The van der Waals surface area contributed by atoms with Crippen molar-refractivity contribution in [3.05, 3.63) is 35.3 Å². The molecular formula is C18H22N6O2S. The summed E-state index contributed by atoms with van der Waals surface area (Å²) in [7, 11) is 3.29. The molecule has 3 aromatic heterocycles. The molecule has 4 heterocycles. The van der Waals surface area contributed by atoms with Gasteiger partial charge in [-0.3, -0.25) is 14.6 Å². The van der Waals surface area contributed by atoms with Crippen molar-refractivity contribution in [3.8, 4) is 16.5 Å². The van der Waals surface area contributed by atoms with Gasteiger partial charge in [-0.15, -0.1) is 16.4 Å². The van der Waals surface area contributed by atoms with Crippen LogP contribution in [0.15, 0.2) is 29.8 Å². The Kier molecular flexibility index (Phi) is 4.85. The number of anilines is 1. The molecular weight excluding hydrogens is 364 g/mol. The molecule has 0 spiro atoms. The maximum atomic E-state index is 12.5. The number of aryl methyl sites for hydroxylation is 1. The zero-order valence-electron chi connectivity index (χ0n) is 15.3. The Morgan fingerprint density at radius 1 is 1.41 bits per heavy atom. The molecule has 0 atom stereocenters. The van der Waals surface area contributed by atoms with Crippen molar-refractivity contribution >= 4 is 23.1 Å². The van der Waals surface area contributed by atoms with Crippen LogP contribution in [0, 0.1) is 0 Å². The van der Waals surface area contributed by atoms with E-state index in [1.54, 1.807) is 29.3 Å². The number of nitrogens with zero attached hydrogens (tertiary/aromatic N) is 4. The molecule has 2 N–H and O–H groups in total. The highest BCUT2D eigenvalue weighted by molar-refractivity contribution is 7.13. The van der Waals surface area contributed by atoms with Crippen LogP contribution in [0.4, 0.5) is 5.82 Å². The van der Waals surface area contributed by atoms with Gasteiger partial charge in [-0.05, 0) is 24.3 Å². The summed E-state index contributed by atoms with van der Waals surface area (Å²) in [5.74, 6) is 1.17. The number of thiophene rings is 1. The summed E-state index contributed by atoms with van der Waals surface area (Å²) >= 11 is 1.69. The molecule has 0 bridgehead atoms. The van der Waals surface area contributed by atoms with Gasteiger partial charge in [0.2, 0.25) is 5.88 Å². The number of aromatic amines is 1. The fourth-order valence-corrected chi connectivity index (χ4v) is 4.01. The molecule has 0 unspecified atom stereocenters. The van der Waals surface area contributed by atoms with E-state index in [2.05, 4.69) is 43.0 Å². The number of rotatable bonds is 5. The highest BCUT2D eigenvalue weighted by atomic mass is 32.1. The number of aromatic nitrogens is 4. The summed E-state index contributed by atoms with van der Waals surface area (Å²) in [6.07, 6.45) is 3.42. The number of ether oxygens (including phenoxy) is 1. The molecule has 0 aromatic carbocycles. The Morgan fingerprint density at radius 2 is 2.22 bits per heavy atom. The molecule has 0 saturated carbocycles. The van der Waals surface area contributed by atoms with Gasteiger partial charge in [-0.25, -0.2) is 0 Å². The number of piperidine rings is 1. The van der Waals surface area contributed by atoms with Gasteiger partial charge in [-0.1, -0.05) is 6.07 Å². The minimum absolute atomic E-state index is 0.134. The average Bonchev–Trinajstić information content (AvgIpc) is 3.42. The van der Waals surface area contributed by atoms with Crippen molar-refractivity contribution in [2.75, 3.05) is 25.1 Å². The number of carbonyl (C=O) groups excluding carboxylic acids is 1. The summed E-state index contributed by atoms with van der Waals surface area (Å²) in [5.41, 5.74) is 1.51. The second-order valence-corrected chi connectivity index (χ2v) is 7.53. The molecule has 3 aromatic rings. The Bertz CT molecular complexity index is 908.